The fraction of sp³-hybridized carbons (Fsp3) is 0.727. The van der Waals surface area contributed by atoms with E-state index in [1.54, 1.807) is 4.90 Å². The molecule has 0 radical (unpaired) electrons. The van der Waals surface area contributed by atoms with Crippen molar-refractivity contribution < 1.29 is 9.59 Å². The summed E-state index contributed by atoms with van der Waals surface area (Å²) in [4.78, 5) is 26.9. The van der Waals surface area contributed by atoms with E-state index in [1.807, 2.05) is 11.4 Å². The molecule has 0 N–H and O–H groups in total. The van der Waals surface area contributed by atoms with Crippen molar-refractivity contribution >= 4 is 28.7 Å². The van der Waals surface area contributed by atoms with E-state index in [1.165, 1.54) is 88.4 Å². The number of thiophene rings is 1. The number of carbonyl (C=O) groups is 2. The number of rotatable bonds is 14. The Balaban J connectivity index is 1.86. The molecule has 26 heavy (non-hydrogen) atoms. The molecule has 2 rings (SSSR count). The third-order valence-electron chi connectivity index (χ3n) is 5.45. The van der Waals surface area contributed by atoms with E-state index in [2.05, 4.69) is 13.8 Å². The fourth-order valence-corrected chi connectivity index (χ4v) is 4.68. The molecule has 0 aromatic carbocycles. The first kappa shape index (κ1) is 21.1. The van der Waals surface area contributed by atoms with Gasteiger partial charge in [-0.3, -0.25) is 9.59 Å². The Kier molecular flexibility index (Phi) is 9.38. The van der Waals surface area contributed by atoms with Gasteiger partial charge < -0.3 is 4.90 Å². The number of anilines is 1. The summed E-state index contributed by atoms with van der Waals surface area (Å²) in [5.74, 6) is -0.103. The number of nitrogens with zero attached hydrogens (tertiary/aromatic N) is 1. The van der Waals surface area contributed by atoms with Crippen molar-refractivity contribution in [3.8, 4) is 0 Å². The summed E-state index contributed by atoms with van der Waals surface area (Å²) >= 11 is 1.40. The lowest BCUT2D eigenvalue weighted by atomic mass is 9.93. The van der Waals surface area contributed by atoms with E-state index < -0.39 is 0 Å². The second-order valence-corrected chi connectivity index (χ2v) is 8.57. The number of Topliss-reactive ketones (excluding diaryl/α,β-unsaturated/α-hetero) is 1. The summed E-state index contributed by atoms with van der Waals surface area (Å²) in [5.41, 5.74) is 0.853. The smallest absolute Gasteiger partial charge is 0.300 e. The zero-order valence-electron chi connectivity index (χ0n) is 16.6. The first-order valence-corrected chi connectivity index (χ1v) is 11.5. The van der Waals surface area contributed by atoms with Gasteiger partial charge in [-0.15, -0.1) is 11.3 Å². The van der Waals surface area contributed by atoms with Crippen molar-refractivity contribution in [1.29, 1.82) is 0 Å². The van der Waals surface area contributed by atoms with Gasteiger partial charge in [0.2, 0.25) is 0 Å². The van der Waals surface area contributed by atoms with Crippen molar-refractivity contribution in [1.82, 2.24) is 0 Å². The average Bonchev–Trinajstić information content (AvgIpc) is 3.20. The van der Waals surface area contributed by atoms with E-state index >= 15 is 0 Å². The van der Waals surface area contributed by atoms with Gasteiger partial charge in [0.15, 0.2) is 0 Å². The second-order valence-electron chi connectivity index (χ2n) is 7.65. The van der Waals surface area contributed by atoms with Gasteiger partial charge in [-0.05, 0) is 30.2 Å². The highest BCUT2D eigenvalue weighted by Crippen LogP contribution is 2.35. The lowest BCUT2D eigenvalue weighted by molar-refractivity contribution is -0.114. The molecular weight excluding hydrogens is 342 g/mol. The van der Waals surface area contributed by atoms with Crippen LogP contribution in [0.3, 0.4) is 0 Å². The molecule has 0 saturated heterocycles. The minimum Gasteiger partial charge on any atom is -0.304 e. The normalized spacial score (nSPS) is 14.9. The third kappa shape index (κ3) is 5.94. The summed E-state index contributed by atoms with van der Waals surface area (Å²) in [6.07, 6.45) is 15.2. The largest absolute Gasteiger partial charge is 0.304 e. The highest BCUT2D eigenvalue weighted by atomic mass is 32.1. The summed E-state index contributed by atoms with van der Waals surface area (Å²) < 4.78 is 0. The molecule has 0 bridgehead atoms. The maximum atomic E-state index is 12.4. The van der Waals surface area contributed by atoms with Gasteiger partial charge >= 0.3 is 0 Å². The Morgan fingerprint density at radius 2 is 1.46 bits per heavy atom. The molecule has 2 heterocycles. The molecule has 1 aromatic heterocycles. The van der Waals surface area contributed by atoms with Crippen molar-refractivity contribution in [2.45, 2.75) is 90.9 Å². The number of ketones is 1. The van der Waals surface area contributed by atoms with Crippen LogP contribution in [0, 0.1) is 5.92 Å². The minimum atomic E-state index is -0.312. The predicted octanol–water partition coefficient (Wildman–Crippen LogP) is 6.61. The topological polar surface area (TPSA) is 37.4 Å². The van der Waals surface area contributed by atoms with Crippen LogP contribution in [0.2, 0.25) is 0 Å². The van der Waals surface area contributed by atoms with Crippen LogP contribution in [-0.4, -0.2) is 18.2 Å². The quantitative estimate of drug-likeness (QED) is 0.270. The third-order valence-corrected chi connectivity index (χ3v) is 6.36. The molecule has 0 spiro atoms. The molecule has 1 amide bonds. The molecule has 3 nitrogen and oxygen atoms in total. The molecule has 1 unspecified atom stereocenters. The van der Waals surface area contributed by atoms with E-state index in [0.29, 0.717) is 10.8 Å². The van der Waals surface area contributed by atoms with Gasteiger partial charge in [0, 0.05) is 6.54 Å². The van der Waals surface area contributed by atoms with Gasteiger partial charge in [0.05, 0.1) is 5.69 Å². The first-order valence-electron chi connectivity index (χ1n) is 10.6. The Bertz CT molecular complexity index is 566. The molecule has 0 fully saturated rings. The molecular formula is C22H35NO2S. The highest BCUT2D eigenvalue weighted by molar-refractivity contribution is 7.14. The van der Waals surface area contributed by atoms with Gasteiger partial charge in [-0.2, -0.15) is 0 Å². The molecule has 4 heteroatoms. The van der Waals surface area contributed by atoms with Crippen LogP contribution in [0.25, 0.3) is 0 Å². The molecule has 1 aromatic rings. The summed E-state index contributed by atoms with van der Waals surface area (Å²) in [6, 6.07) is 1.93. The monoisotopic (exact) mass is 377 g/mol. The van der Waals surface area contributed by atoms with Crippen LogP contribution in [0.1, 0.15) is 101 Å². The maximum absolute atomic E-state index is 12.4. The van der Waals surface area contributed by atoms with Crippen molar-refractivity contribution in [2.75, 3.05) is 11.4 Å². The molecule has 146 valence electrons. The molecule has 1 aliphatic rings. The van der Waals surface area contributed by atoms with E-state index in [4.69, 9.17) is 0 Å². The summed E-state index contributed by atoms with van der Waals surface area (Å²) in [6.45, 7) is 5.20. The number of fused-ring (bicyclic) bond motifs is 1. The standard InChI is InChI=1S/C22H35NO2S/c1-3-5-7-9-10-12-14-18(13-11-8-6-4-2)17-23-19-15-16-26-21(19)20(24)22(23)25/h15-16,18H,3-14,17H2,1-2H3. The number of hydrogen-bond donors (Lipinski definition) is 0. The first-order chi connectivity index (χ1) is 12.7. The molecule has 1 aliphatic heterocycles. The van der Waals surface area contributed by atoms with E-state index in [-0.39, 0.29) is 11.7 Å². The lowest BCUT2D eigenvalue weighted by Crippen LogP contribution is -2.34. The summed E-state index contributed by atoms with van der Waals surface area (Å²) in [7, 11) is 0. The Labute approximate surface area is 163 Å². The Hall–Kier alpha value is -1.16. The van der Waals surface area contributed by atoms with E-state index in [9.17, 15) is 9.59 Å². The number of hydrogen-bond acceptors (Lipinski definition) is 3. The zero-order valence-corrected chi connectivity index (χ0v) is 17.4. The average molecular weight is 378 g/mol. The van der Waals surface area contributed by atoms with Crippen LogP contribution in [0.15, 0.2) is 11.4 Å². The Morgan fingerprint density at radius 3 is 2.12 bits per heavy atom. The molecule has 1 atom stereocenters. The van der Waals surface area contributed by atoms with Crippen LogP contribution >= 0.6 is 11.3 Å². The van der Waals surface area contributed by atoms with Crippen LogP contribution in [-0.2, 0) is 4.79 Å². The molecule has 0 aliphatic carbocycles. The molecule has 0 saturated carbocycles. The van der Waals surface area contributed by atoms with Crippen LogP contribution < -0.4 is 4.90 Å². The van der Waals surface area contributed by atoms with Crippen LogP contribution in [0.4, 0.5) is 5.69 Å². The predicted molar refractivity (Wildman–Crippen MR) is 111 cm³/mol. The zero-order chi connectivity index (χ0) is 18.8. The highest BCUT2D eigenvalue weighted by Gasteiger charge is 2.37. The van der Waals surface area contributed by atoms with Crippen LogP contribution in [0.5, 0.6) is 0 Å². The maximum Gasteiger partial charge on any atom is 0.300 e. The summed E-state index contributed by atoms with van der Waals surface area (Å²) in [5, 5.41) is 1.92. The van der Waals surface area contributed by atoms with E-state index in [0.717, 1.165) is 12.2 Å². The second kappa shape index (κ2) is 11.5. The Morgan fingerprint density at radius 1 is 0.885 bits per heavy atom. The SMILES string of the molecule is CCCCCCCCC(CCCCCC)CN1C(=O)C(=O)c2sccc21. The van der Waals surface area contributed by atoms with Gasteiger partial charge in [0.25, 0.3) is 11.7 Å². The van der Waals surface area contributed by atoms with Gasteiger partial charge in [-0.25, -0.2) is 0 Å². The van der Waals surface area contributed by atoms with Crippen molar-refractivity contribution in [2.24, 2.45) is 5.92 Å². The minimum absolute atomic E-state index is 0.306. The lowest BCUT2D eigenvalue weighted by Gasteiger charge is -2.24. The van der Waals surface area contributed by atoms with Crippen molar-refractivity contribution in [3.63, 3.8) is 0 Å². The number of carbonyl (C=O) groups excluding carboxylic acids is 2. The fourth-order valence-electron chi connectivity index (χ4n) is 3.85. The van der Waals surface area contributed by atoms with Crippen molar-refractivity contribution in [3.05, 3.63) is 16.3 Å². The van der Waals surface area contributed by atoms with Gasteiger partial charge in [-0.1, -0.05) is 78.1 Å². The number of unbranched alkanes of at least 4 members (excludes halogenated alkanes) is 8. The van der Waals surface area contributed by atoms with Gasteiger partial charge in [0.1, 0.15) is 4.88 Å². The number of amides is 1.